The fraction of sp³-hybridized carbons (Fsp3) is 0.120. The zero-order valence-corrected chi connectivity index (χ0v) is 17.0. The van der Waals surface area contributed by atoms with Gasteiger partial charge in [0.05, 0.1) is 17.2 Å². The van der Waals surface area contributed by atoms with Crippen LogP contribution in [-0.4, -0.2) is 21.7 Å². The van der Waals surface area contributed by atoms with E-state index in [4.69, 9.17) is 0 Å². The van der Waals surface area contributed by atoms with Crippen LogP contribution in [0.1, 0.15) is 28.3 Å². The van der Waals surface area contributed by atoms with Crippen LogP contribution in [0.4, 0.5) is 17.6 Å². The van der Waals surface area contributed by atoms with Crippen molar-refractivity contribution >= 4 is 17.4 Å². The van der Waals surface area contributed by atoms with E-state index in [-0.39, 0.29) is 23.2 Å². The number of carbonyl (C=O) groups excluding carboxylic acids is 2. The highest BCUT2D eigenvalue weighted by atomic mass is 19.4. The van der Waals surface area contributed by atoms with Gasteiger partial charge in [0.1, 0.15) is 11.6 Å². The summed E-state index contributed by atoms with van der Waals surface area (Å²) >= 11 is 0. The number of halogens is 4. The standard InChI is InChI=1S/C25H17F4NO3/c26-19-11-9-17(10-12-19)22(31)20-21(16-6-2-1-3-7-16)30(24(33)23(20)32)14-15-5-4-8-18(13-15)25(27,28)29/h1-13,21,31H,14H2/b22-20+. The summed E-state index contributed by atoms with van der Waals surface area (Å²) < 4.78 is 52.8. The van der Waals surface area contributed by atoms with Crippen LogP contribution in [0.3, 0.4) is 0 Å². The molecule has 1 aliphatic rings. The first-order valence-corrected chi connectivity index (χ1v) is 9.92. The Kier molecular flexibility index (Phi) is 5.76. The topological polar surface area (TPSA) is 57.6 Å². The highest BCUT2D eigenvalue weighted by molar-refractivity contribution is 6.46. The van der Waals surface area contributed by atoms with E-state index in [2.05, 4.69) is 0 Å². The van der Waals surface area contributed by atoms with Gasteiger partial charge in [0.15, 0.2) is 0 Å². The zero-order chi connectivity index (χ0) is 23.8. The third-order valence-corrected chi connectivity index (χ3v) is 5.38. The molecule has 1 unspecified atom stereocenters. The van der Waals surface area contributed by atoms with Gasteiger partial charge in [-0.1, -0.05) is 42.5 Å². The number of hydrogen-bond acceptors (Lipinski definition) is 3. The quantitative estimate of drug-likeness (QED) is 0.246. The molecule has 1 fully saturated rings. The van der Waals surface area contributed by atoms with Crippen molar-refractivity contribution in [3.63, 3.8) is 0 Å². The van der Waals surface area contributed by atoms with E-state index in [1.54, 1.807) is 30.3 Å². The van der Waals surface area contributed by atoms with Gasteiger partial charge in [-0.2, -0.15) is 13.2 Å². The van der Waals surface area contributed by atoms with Crippen molar-refractivity contribution in [3.05, 3.63) is 113 Å². The molecular weight excluding hydrogens is 438 g/mol. The summed E-state index contributed by atoms with van der Waals surface area (Å²) in [6.45, 7) is -0.283. The molecule has 8 heteroatoms. The molecule has 3 aromatic carbocycles. The second-order valence-electron chi connectivity index (χ2n) is 7.54. The maximum absolute atomic E-state index is 13.3. The number of aliphatic hydroxyl groups excluding tert-OH is 1. The minimum Gasteiger partial charge on any atom is -0.507 e. The fourth-order valence-electron chi connectivity index (χ4n) is 3.83. The molecule has 1 atom stereocenters. The molecule has 1 saturated heterocycles. The number of likely N-dealkylation sites (tertiary alicyclic amines) is 1. The summed E-state index contributed by atoms with van der Waals surface area (Å²) in [7, 11) is 0. The van der Waals surface area contributed by atoms with Crippen molar-refractivity contribution in [1.82, 2.24) is 4.90 Å². The van der Waals surface area contributed by atoms with Crippen LogP contribution >= 0.6 is 0 Å². The minimum atomic E-state index is -4.56. The lowest BCUT2D eigenvalue weighted by Crippen LogP contribution is -2.29. The molecule has 0 radical (unpaired) electrons. The van der Waals surface area contributed by atoms with Crippen LogP contribution in [0.15, 0.2) is 84.4 Å². The number of hydrogen-bond donors (Lipinski definition) is 1. The molecule has 0 bridgehead atoms. The van der Waals surface area contributed by atoms with E-state index in [0.717, 1.165) is 29.2 Å². The number of Topliss-reactive ketones (excluding diaryl/α,β-unsaturated/α-hetero) is 1. The van der Waals surface area contributed by atoms with Crippen molar-refractivity contribution in [1.29, 1.82) is 0 Å². The molecular formula is C25H17F4NO3. The van der Waals surface area contributed by atoms with E-state index in [9.17, 15) is 32.3 Å². The Morgan fingerprint density at radius 3 is 2.21 bits per heavy atom. The average Bonchev–Trinajstić information content (AvgIpc) is 3.04. The number of amides is 1. The molecule has 4 rings (SSSR count). The SMILES string of the molecule is O=C1C(=O)N(Cc2cccc(C(F)(F)F)c2)C(c2ccccc2)/C1=C(\O)c1ccc(F)cc1. The van der Waals surface area contributed by atoms with E-state index in [0.29, 0.717) is 5.56 Å². The van der Waals surface area contributed by atoms with Crippen molar-refractivity contribution in [3.8, 4) is 0 Å². The summed E-state index contributed by atoms with van der Waals surface area (Å²) in [5.41, 5.74) is -0.292. The molecule has 0 aliphatic carbocycles. The van der Waals surface area contributed by atoms with Gasteiger partial charge >= 0.3 is 6.18 Å². The van der Waals surface area contributed by atoms with Gasteiger partial charge in [-0.25, -0.2) is 4.39 Å². The van der Waals surface area contributed by atoms with Crippen LogP contribution in [0.25, 0.3) is 5.76 Å². The molecule has 3 aromatic rings. The van der Waals surface area contributed by atoms with Gasteiger partial charge in [0.2, 0.25) is 0 Å². The van der Waals surface area contributed by atoms with E-state index in [1.165, 1.54) is 24.3 Å². The van der Waals surface area contributed by atoms with Gasteiger partial charge < -0.3 is 10.0 Å². The molecule has 1 amide bonds. The van der Waals surface area contributed by atoms with Crippen molar-refractivity contribution in [2.75, 3.05) is 0 Å². The summed E-state index contributed by atoms with van der Waals surface area (Å²) in [4.78, 5) is 27.0. The Bertz CT molecular complexity index is 1230. The predicted molar refractivity (Wildman–Crippen MR) is 112 cm³/mol. The van der Waals surface area contributed by atoms with Crippen LogP contribution in [0.2, 0.25) is 0 Å². The normalized spacial score (nSPS) is 18.1. The summed E-state index contributed by atoms with van der Waals surface area (Å²) in [6, 6.07) is 16.6. The molecule has 33 heavy (non-hydrogen) atoms. The molecule has 1 N–H and O–H groups in total. The third-order valence-electron chi connectivity index (χ3n) is 5.38. The largest absolute Gasteiger partial charge is 0.507 e. The zero-order valence-electron chi connectivity index (χ0n) is 17.0. The van der Waals surface area contributed by atoms with Gasteiger partial charge in [0, 0.05) is 12.1 Å². The van der Waals surface area contributed by atoms with Gasteiger partial charge in [-0.05, 0) is 47.5 Å². The number of rotatable bonds is 4. The molecule has 0 spiro atoms. The number of aliphatic hydroxyl groups is 1. The number of carbonyl (C=O) groups is 2. The minimum absolute atomic E-state index is 0.134. The lowest BCUT2D eigenvalue weighted by molar-refractivity contribution is -0.140. The lowest BCUT2D eigenvalue weighted by atomic mass is 9.95. The fourth-order valence-corrected chi connectivity index (χ4v) is 3.83. The van der Waals surface area contributed by atoms with Crippen LogP contribution in [0.5, 0.6) is 0 Å². The molecule has 0 aromatic heterocycles. The molecule has 1 aliphatic heterocycles. The van der Waals surface area contributed by atoms with E-state index in [1.807, 2.05) is 0 Å². The monoisotopic (exact) mass is 455 g/mol. The third kappa shape index (κ3) is 4.37. The number of alkyl halides is 3. The number of ketones is 1. The van der Waals surface area contributed by atoms with Crippen LogP contribution < -0.4 is 0 Å². The van der Waals surface area contributed by atoms with E-state index < -0.39 is 41.0 Å². The smallest absolute Gasteiger partial charge is 0.416 e. The van der Waals surface area contributed by atoms with Crippen molar-refractivity contribution < 1.29 is 32.3 Å². The van der Waals surface area contributed by atoms with Gasteiger partial charge in [0.25, 0.3) is 11.7 Å². The van der Waals surface area contributed by atoms with Gasteiger partial charge in [-0.3, -0.25) is 9.59 Å². The molecule has 0 saturated carbocycles. The second kappa shape index (κ2) is 8.54. The van der Waals surface area contributed by atoms with Crippen LogP contribution in [-0.2, 0) is 22.3 Å². The summed E-state index contributed by atoms with van der Waals surface area (Å²) in [6.07, 6.45) is -4.56. The second-order valence-corrected chi connectivity index (χ2v) is 7.54. The average molecular weight is 455 g/mol. The Hall–Kier alpha value is -3.94. The molecule has 1 heterocycles. The Morgan fingerprint density at radius 1 is 0.909 bits per heavy atom. The Balaban J connectivity index is 1.82. The highest BCUT2D eigenvalue weighted by Crippen LogP contribution is 2.40. The van der Waals surface area contributed by atoms with E-state index >= 15 is 0 Å². The maximum Gasteiger partial charge on any atom is 0.416 e. The summed E-state index contributed by atoms with van der Waals surface area (Å²) in [5.74, 6) is -2.97. The first-order chi connectivity index (χ1) is 15.7. The highest BCUT2D eigenvalue weighted by Gasteiger charge is 2.46. The Labute approximate surface area is 186 Å². The van der Waals surface area contributed by atoms with Crippen molar-refractivity contribution in [2.24, 2.45) is 0 Å². The Morgan fingerprint density at radius 2 is 1.58 bits per heavy atom. The van der Waals surface area contributed by atoms with Crippen molar-refractivity contribution in [2.45, 2.75) is 18.8 Å². The maximum atomic E-state index is 13.3. The predicted octanol–water partition coefficient (Wildman–Crippen LogP) is 5.47. The molecule has 168 valence electrons. The number of benzene rings is 3. The van der Waals surface area contributed by atoms with Gasteiger partial charge in [-0.15, -0.1) is 0 Å². The number of nitrogens with zero attached hydrogens (tertiary/aromatic N) is 1. The van der Waals surface area contributed by atoms with Crippen LogP contribution in [0, 0.1) is 5.82 Å². The first kappa shape index (κ1) is 22.3. The first-order valence-electron chi connectivity index (χ1n) is 9.92. The molecule has 4 nitrogen and oxygen atoms in total. The summed E-state index contributed by atoms with van der Waals surface area (Å²) in [5, 5.41) is 10.9. The lowest BCUT2D eigenvalue weighted by Gasteiger charge is -2.25.